The molecule has 3 N–H and O–H groups in total. The fourth-order valence-electron chi connectivity index (χ4n) is 1.58. The summed E-state index contributed by atoms with van der Waals surface area (Å²) >= 11 is 0. The number of hydrogen-bond donors (Lipinski definition) is 3. The standard InChI is InChI=1S/C14H17NO6/c1-2-9-3-5-10(6-4-9)21-8-12(16)15-11(14(19)20)7-13(17)18/h3-6,11H,2,7-8H2,1H3,(H,15,16)(H,17,18)(H,19,20). The molecule has 0 bridgehead atoms. The molecule has 7 nitrogen and oxygen atoms in total. The van der Waals surface area contributed by atoms with Crippen molar-refractivity contribution in [2.24, 2.45) is 0 Å². The van der Waals surface area contributed by atoms with Crippen LogP contribution in [-0.4, -0.2) is 40.7 Å². The first-order valence-corrected chi connectivity index (χ1v) is 6.38. The number of hydrogen-bond acceptors (Lipinski definition) is 4. The minimum Gasteiger partial charge on any atom is -0.484 e. The predicted octanol–water partition coefficient (Wildman–Crippen LogP) is 0.672. The highest BCUT2D eigenvalue weighted by Crippen LogP contribution is 2.12. The number of carbonyl (C=O) groups is 3. The molecule has 0 aromatic heterocycles. The van der Waals surface area contributed by atoms with E-state index in [1.165, 1.54) is 0 Å². The summed E-state index contributed by atoms with van der Waals surface area (Å²) in [6.45, 7) is 1.63. The van der Waals surface area contributed by atoms with Gasteiger partial charge in [0.1, 0.15) is 11.8 Å². The van der Waals surface area contributed by atoms with Gasteiger partial charge in [0.25, 0.3) is 5.91 Å². The molecule has 0 fully saturated rings. The Morgan fingerprint density at radius 3 is 2.29 bits per heavy atom. The number of nitrogens with one attached hydrogen (secondary N) is 1. The average molecular weight is 295 g/mol. The SMILES string of the molecule is CCc1ccc(OCC(=O)NC(CC(=O)O)C(=O)O)cc1. The Morgan fingerprint density at radius 1 is 1.19 bits per heavy atom. The molecule has 0 saturated heterocycles. The predicted molar refractivity (Wildman–Crippen MR) is 73.1 cm³/mol. The number of aryl methyl sites for hydroxylation is 1. The smallest absolute Gasteiger partial charge is 0.326 e. The van der Waals surface area contributed by atoms with E-state index >= 15 is 0 Å². The van der Waals surface area contributed by atoms with E-state index in [1.807, 2.05) is 19.1 Å². The third-order valence-corrected chi connectivity index (χ3v) is 2.71. The molecule has 21 heavy (non-hydrogen) atoms. The van der Waals surface area contributed by atoms with Crippen molar-refractivity contribution in [3.05, 3.63) is 29.8 Å². The van der Waals surface area contributed by atoms with E-state index in [0.29, 0.717) is 5.75 Å². The second-order valence-electron chi connectivity index (χ2n) is 4.34. The van der Waals surface area contributed by atoms with Gasteiger partial charge < -0.3 is 20.3 Å². The third kappa shape index (κ3) is 5.94. The molecule has 114 valence electrons. The first kappa shape index (κ1) is 16.5. The zero-order valence-corrected chi connectivity index (χ0v) is 11.5. The van der Waals surface area contributed by atoms with Gasteiger partial charge >= 0.3 is 11.9 Å². The molecule has 0 spiro atoms. The molecule has 7 heteroatoms. The van der Waals surface area contributed by atoms with E-state index in [0.717, 1.165) is 12.0 Å². The van der Waals surface area contributed by atoms with Crippen molar-refractivity contribution in [3.63, 3.8) is 0 Å². The molecule has 0 aliphatic heterocycles. The van der Waals surface area contributed by atoms with Gasteiger partial charge in [0, 0.05) is 0 Å². The summed E-state index contributed by atoms with van der Waals surface area (Å²) in [5.74, 6) is -2.92. The number of aliphatic carboxylic acids is 2. The molecule has 0 heterocycles. The van der Waals surface area contributed by atoms with Crippen LogP contribution in [0.4, 0.5) is 0 Å². The molecule has 1 rings (SSSR count). The summed E-state index contributed by atoms with van der Waals surface area (Å²) in [6.07, 6.45) is 0.197. The van der Waals surface area contributed by atoms with Gasteiger partial charge in [-0.3, -0.25) is 9.59 Å². The van der Waals surface area contributed by atoms with Crippen molar-refractivity contribution < 1.29 is 29.3 Å². The third-order valence-electron chi connectivity index (χ3n) is 2.71. The van der Waals surface area contributed by atoms with Crippen LogP contribution >= 0.6 is 0 Å². The number of carbonyl (C=O) groups excluding carboxylic acids is 1. The fraction of sp³-hybridized carbons (Fsp3) is 0.357. The molecule has 1 aromatic carbocycles. The lowest BCUT2D eigenvalue weighted by atomic mass is 10.2. The maximum absolute atomic E-state index is 11.5. The molecular weight excluding hydrogens is 278 g/mol. The van der Waals surface area contributed by atoms with Gasteiger partial charge in [0.2, 0.25) is 0 Å². The lowest BCUT2D eigenvalue weighted by molar-refractivity contribution is -0.147. The molecule has 0 aliphatic carbocycles. The molecule has 0 saturated carbocycles. The summed E-state index contributed by atoms with van der Waals surface area (Å²) in [5.41, 5.74) is 1.12. The van der Waals surface area contributed by atoms with Crippen LogP contribution in [0.25, 0.3) is 0 Å². The van der Waals surface area contributed by atoms with Gasteiger partial charge in [-0.25, -0.2) is 4.79 Å². The van der Waals surface area contributed by atoms with Crippen LogP contribution in [0.5, 0.6) is 5.75 Å². The zero-order valence-electron chi connectivity index (χ0n) is 11.5. The number of amides is 1. The molecule has 1 amide bonds. The summed E-state index contributed by atoms with van der Waals surface area (Å²) in [5, 5.41) is 19.4. The van der Waals surface area contributed by atoms with Crippen LogP contribution in [0.15, 0.2) is 24.3 Å². The second kappa shape index (κ2) is 7.88. The summed E-state index contributed by atoms with van der Waals surface area (Å²) < 4.78 is 5.20. The van der Waals surface area contributed by atoms with Crippen molar-refractivity contribution in [1.29, 1.82) is 0 Å². The largest absolute Gasteiger partial charge is 0.484 e. The zero-order chi connectivity index (χ0) is 15.8. The van der Waals surface area contributed by atoms with Gasteiger partial charge in [-0.2, -0.15) is 0 Å². The van der Waals surface area contributed by atoms with Gasteiger partial charge in [-0.15, -0.1) is 0 Å². The maximum atomic E-state index is 11.5. The average Bonchev–Trinajstić information content (AvgIpc) is 2.44. The first-order chi connectivity index (χ1) is 9.92. The highest BCUT2D eigenvalue weighted by Gasteiger charge is 2.23. The Kier molecular flexibility index (Phi) is 6.19. The molecule has 1 aromatic rings. The highest BCUT2D eigenvalue weighted by molar-refractivity contribution is 5.87. The monoisotopic (exact) mass is 295 g/mol. The number of benzene rings is 1. The molecule has 1 atom stereocenters. The van der Waals surface area contributed by atoms with Crippen LogP contribution in [0.2, 0.25) is 0 Å². The van der Waals surface area contributed by atoms with E-state index in [2.05, 4.69) is 5.32 Å². The van der Waals surface area contributed by atoms with Crippen molar-refractivity contribution in [2.45, 2.75) is 25.8 Å². The van der Waals surface area contributed by atoms with Crippen LogP contribution in [0.3, 0.4) is 0 Å². The van der Waals surface area contributed by atoms with E-state index < -0.39 is 30.3 Å². The number of carboxylic acid groups (broad SMARTS) is 2. The topological polar surface area (TPSA) is 113 Å². The van der Waals surface area contributed by atoms with Gasteiger partial charge in [-0.05, 0) is 24.1 Å². The minimum absolute atomic E-state index is 0.380. The van der Waals surface area contributed by atoms with Crippen LogP contribution < -0.4 is 10.1 Å². The quantitative estimate of drug-likeness (QED) is 0.649. The first-order valence-electron chi connectivity index (χ1n) is 6.38. The van der Waals surface area contributed by atoms with Crippen LogP contribution in [0, 0.1) is 0 Å². The van der Waals surface area contributed by atoms with Gasteiger partial charge in [0.05, 0.1) is 6.42 Å². The Morgan fingerprint density at radius 2 is 1.81 bits per heavy atom. The van der Waals surface area contributed by atoms with E-state index in [1.54, 1.807) is 12.1 Å². The number of ether oxygens (including phenoxy) is 1. The van der Waals surface area contributed by atoms with Crippen LogP contribution in [-0.2, 0) is 20.8 Å². The second-order valence-corrected chi connectivity index (χ2v) is 4.34. The normalized spacial score (nSPS) is 11.5. The van der Waals surface area contributed by atoms with E-state index in [4.69, 9.17) is 14.9 Å². The van der Waals surface area contributed by atoms with E-state index in [9.17, 15) is 14.4 Å². The van der Waals surface area contributed by atoms with Crippen molar-refractivity contribution in [1.82, 2.24) is 5.32 Å². The number of rotatable bonds is 8. The Hall–Kier alpha value is -2.57. The lowest BCUT2D eigenvalue weighted by Crippen LogP contribution is -2.44. The molecular formula is C14H17NO6. The number of carboxylic acids is 2. The minimum atomic E-state index is -1.47. The molecule has 0 aliphatic rings. The Labute approximate surface area is 121 Å². The Balaban J connectivity index is 2.48. The summed E-state index contributed by atoms with van der Waals surface area (Å²) in [7, 11) is 0. The van der Waals surface area contributed by atoms with Crippen LogP contribution in [0.1, 0.15) is 18.9 Å². The van der Waals surface area contributed by atoms with Crippen molar-refractivity contribution in [2.75, 3.05) is 6.61 Å². The van der Waals surface area contributed by atoms with E-state index in [-0.39, 0.29) is 6.61 Å². The summed E-state index contributed by atoms with van der Waals surface area (Å²) in [4.78, 5) is 32.8. The molecule has 1 unspecified atom stereocenters. The summed E-state index contributed by atoms with van der Waals surface area (Å²) in [6, 6.07) is 5.66. The fourth-order valence-corrected chi connectivity index (χ4v) is 1.58. The van der Waals surface area contributed by atoms with Crippen molar-refractivity contribution >= 4 is 17.8 Å². The molecule has 0 radical (unpaired) electrons. The van der Waals surface area contributed by atoms with Gasteiger partial charge in [-0.1, -0.05) is 19.1 Å². The van der Waals surface area contributed by atoms with Crippen molar-refractivity contribution in [3.8, 4) is 5.75 Å². The maximum Gasteiger partial charge on any atom is 0.326 e. The Bertz CT molecular complexity index is 511. The highest BCUT2D eigenvalue weighted by atomic mass is 16.5. The van der Waals surface area contributed by atoms with Gasteiger partial charge in [0.15, 0.2) is 6.61 Å². The lowest BCUT2D eigenvalue weighted by Gasteiger charge is -2.13.